The van der Waals surface area contributed by atoms with Crippen molar-refractivity contribution in [1.82, 2.24) is 5.16 Å². The number of ether oxygens (including phenoxy) is 3. The Hall–Kier alpha value is -3.74. The van der Waals surface area contributed by atoms with E-state index < -0.39 is 0 Å². The first-order chi connectivity index (χ1) is 16.0. The molecule has 1 N–H and O–H groups in total. The van der Waals surface area contributed by atoms with Crippen LogP contribution in [0.3, 0.4) is 0 Å². The minimum absolute atomic E-state index is 0.0191. The zero-order valence-corrected chi connectivity index (χ0v) is 19.1. The molecule has 0 unspecified atom stereocenters. The number of rotatable bonds is 5. The van der Waals surface area contributed by atoms with Gasteiger partial charge in [0.2, 0.25) is 5.88 Å². The smallest absolute Gasteiger partial charge is 0.233 e. The molecule has 0 bridgehead atoms. The standard InChI is InChI=1S/C26H26N2O5/c1-14-23-24(15-5-8-18(30-2)9-6-15)25-19(27-26(23)33-28-14)11-17(12-20(25)29)16-7-10-21(31-3)22(13-16)32-4/h5-10,13,17,24,27H,11-12H2,1-4H3/t17-,24+/m0/s1. The summed E-state index contributed by atoms with van der Waals surface area (Å²) in [5, 5.41) is 7.55. The highest BCUT2D eigenvalue weighted by molar-refractivity contribution is 6.01. The van der Waals surface area contributed by atoms with Crippen LogP contribution in [0.15, 0.2) is 58.3 Å². The molecule has 0 amide bonds. The maximum Gasteiger partial charge on any atom is 0.233 e. The van der Waals surface area contributed by atoms with Gasteiger partial charge >= 0.3 is 0 Å². The number of methoxy groups -OCH3 is 3. The molecule has 3 aromatic rings. The van der Waals surface area contributed by atoms with E-state index in [4.69, 9.17) is 18.7 Å². The third-order valence-corrected chi connectivity index (χ3v) is 6.59. The zero-order valence-electron chi connectivity index (χ0n) is 19.1. The molecule has 2 heterocycles. The topological polar surface area (TPSA) is 82.8 Å². The molecule has 0 spiro atoms. The molecule has 1 aliphatic heterocycles. The summed E-state index contributed by atoms with van der Waals surface area (Å²) in [5.74, 6) is 2.61. The Morgan fingerprint density at radius 1 is 0.939 bits per heavy atom. The average molecular weight is 447 g/mol. The molecule has 33 heavy (non-hydrogen) atoms. The number of aromatic nitrogens is 1. The predicted octanol–water partition coefficient (Wildman–Crippen LogP) is 4.97. The summed E-state index contributed by atoms with van der Waals surface area (Å²) in [6.07, 6.45) is 1.10. The SMILES string of the molecule is COc1ccc([C@H]2C3=C(C[C@H](c4ccc(OC)c(OC)c4)CC3=O)Nc3onc(C)c32)cc1. The number of hydrogen-bond acceptors (Lipinski definition) is 7. The van der Waals surface area contributed by atoms with Crippen LogP contribution in [0.1, 0.15) is 47.1 Å². The van der Waals surface area contributed by atoms with Crippen LogP contribution >= 0.6 is 0 Å². The van der Waals surface area contributed by atoms with Crippen molar-refractivity contribution in [2.45, 2.75) is 31.6 Å². The number of Topliss-reactive ketones (excluding diaryl/α,β-unsaturated/α-hetero) is 1. The van der Waals surface area contributed by atoms with Crippen LogP contribution in [-0.4, -0.2) is 32.3 Å². The maximum atomic E-state index is 13.6. The second kappa shape index (κ2) is 8.31. The molecule has 2 aromatic carbocycles. The van der Waals surface area contributed by atoms with E-state index in [1.807, 2.05) is 49.4 Å². The molecule has 170 valence electrons. The molecule has 5 rings (SSSR count). The third kappa shape index (κ3) is 3.53. The third-order valence-electron chi connectivity index (χ3n) is 6.59. The predicted molar refractivity (Wildman–Crippen MR) is 123 cm³/mol. The fourth-order valence-corrected chi connectivity index (χ4v) is 4.94. The molecule has 0 radical (unpaired) electrons. The van der Waals surface area contributed by atoms with Crippen LogP contribution in [0.5, 0.6) is 17.2 Å². The zero-order chi connectivity index (χ0) is 23.1. The van der Waals surface area contributed by atoms with Gasteiger partial charge in [-0.05, 0) is 54.7 Å². The Bertz CT molecular complexity index is 1240. The Balaban J connectivity index is 1.56. The van der Waals surface area contributed by atoms with Gasteiger partial charge in [0.05, 0.1) is 32.6 Å². The molecule has 7 nitrogen and oxygen atoms in total. The van der Waals surface area contributed by atoms with Crippen molar-refractivity contribution in [2.75, 3.05) is 26.6 Å². The highest BCUT2D eigenvalue weighted by Gasteiger charge is 2.41. The highest BCUT2D eigenvalue weighted by Crippen LogP contribution is 2.49. The van der Waals surface area contributed by atoms with Gasteiger partial charge in [0.1, 0.15) is 5.75 Å². The van der Waals surface area contributed by atoms with E-state index >= 15 is 0 Å². The number of anilines is 1. The fraction of sp³-hybridized carbons (Fsp3) is 0.308. The molecular weight excluding hydrogens is 420 g/mol. The second-order valence-electron chi connectivity index (χ2n) is 8.38. The summed E-state index contributed by atoms with van der Waals surface area (Å²) in [6, 6.07) is 13.7. The van der Waals surface area contributed by atoms with Gasteiger partial charge in [0.15, 0.2) is 17.3 Å². The molecule has 7 heteroatoms. The Labute approximate surface area is 192 Å². The lowest BCUT2D eigenvalue weighted by Crippen LogP contribution is -2.29. The van der Waals surface area contributed by atoms with Crippen LogP contribution in [0, 0.1) is 6.92 Å². The lowest BCUT2D eigenvalue weighted by molar-refractivity contribution is -0.116. The first-order valence-electron chi connectivity index (χ1n) is 10.9. The van der Waals surface area contributed by atoms with E-state index in [2.05, 4.69) is 10.5 Å². The lowest BCUT2D eigenvalue weighted by atomic mass is 9.72. The van der Waals surface area contributed by atoms with Crippen LogP contribution < -0.4 is 19.5 Å². The monoisotopic (exact) mass is 446 g/mol. The molecule has 0 saturated carbocycles. The van der Waals surface area contributed by atoms with Crippen LogP contribution in [-0.2, 0) is 4.79 Å². The maximum absolute atomic E-state index is 13.6. The van der Waals surface area contributed by atoms with Crippen LogP contribution in [0.4, 0.5) is 5.88 Å². The van der Waals surface area contributed by atoms with Gasteiger partial charge < -0.3 is 24.1 Å². The number of benzene rings is 2. The Morgan fingerprint density at radius 3 is 2.36 bits per heavy atom. The van der Waals surface area contributed by atoms with Crippen molar-refractivity contribution in [2.24, 2.45) is 0 Å². The number of carbonyl (C=O) groups is 1. The van der Waals surface area contributed by atoms with E-state index in [1.54, 1.807) is 21.3 Å². The number of nitrogens with one attached hydrogen (secondary N) is 1. The molecule has 0 saturated heterocycles. The second-order valence-corrected chi connectivity index (χ2v) is 8.38. The van der Waals surface area contributed by atoms with Gasteiger partial charge in [-0.25, -0.2) is 0 Å². The highest BCUT2D eigenvalue weighted by atomic mass is 16.5. The number of ketones is 1. The van der Waals surface area contributed by atoms with E-state index in [-0.39, 0.29) is 17.6 Å². The first kappa shape index (κ1) is 21.1. The van der Waals surface area contributed by atoms with Gasteiger partial charge in [-0.1, -0.05) is 23.4 Å². The summed E-state index contributed by atoms with van der Waals surface area (Å²) in [7, 11) is 4.87. The van der Waals surface area contributed by atoms with Crippen molar-refractivity contribution >= 4 is 11.7 Å². The van der Waals surface area contributed by atoms with Crippen LogP contribution in [0.2, 0.25) is 0 Å². The number of carbonyl (C=O) groups excluding carboxylic acids is 1. The van der Waals surface area contributed by atoms with Gasteiger partial charge in [-0.15, -0.1) is 0 Å². The van der Waals surface area contributed by atoms with Gasteiger partial charge in [-0.2, -0.15) is 0 Å². The summed E-state index contributed by atoms with van der Waals surface area (Å²) in [4.78, 5) is 13.6. The molecule has 2 atom stereocenters. The van der Waals surface area contributed by atoms with E-state index in [0.29, 0.717) is 30.2 Å². The molecule has 1 aliphatic carbocycles. The van der Waals surface area contributed by atoms with Crippen molar-refractivity contribution in [1.29, 1.82) is 0 Å². The Morgan fingerprint density at radius 2 is 1.67 bits per heavy atom. The number of hydrogen-bond donors (Lipinski definition) is 1. The largest absolute Gasteiger partial charge is 0.497 e. The van der Waals surface area contributed by atoms with Crippen molar-refractivity contribution in [3.63, 3.8) is 0 Å². The van der Waals surface area contributed by atoms with Crippen LogP contribution in [0.25, 0.3) is 0 Å². The van der Waals surface area contributed by atoms with E-state index in [0.717, 1.165) is 39.4 Å². The first-order valence-corrected chi connectivity index (χ1v) is 10.9. The average Bonchev–Trinajstić information content (AvgIpc) is 3.22. The normalized spacial score (nSPS) is 19.5. The van der Waals surface area contributed by atoms with Gasteiger partial charge in [0, 0.05) is 23.6 Å². The quantitative estimate of drug-likeness (QED) is 0.593. The molecule has 1 aromatic heterocycles. The molecule has 2 aliphatic rings. The fourth-order valence-electron chi connectivity index (χ4n) is 4.94. The van der Waals surface area contributed by atoms with Crippen molar-refractivity contribution < 1.29 is 23.5 Å². The summed E-state index contributed by atoms with van der Waals surface area (Å²) < 4.78 is 21.8. The molecule has 0 fully saturated rings. The summed E-state index contributed by atoms with van der Waals surface area (Å²) >= 11 is 0. The summed E-state index contributed by atoms with van der Waals surface area (Å²) in [5.41, 5.74) is 5.41. The Kier molecular flexibility index (Phi) is 5.32. The van der Waals surface area contributed by atoms with E-state index in [9.17, 15) is 4.79 Å². The lowest BCUT2D eigenvalue weighted by Gasteiger charge is -2.34. The number of aryl methyl sites for hydroxylation is 1. The van der Waals surface area contributed by atoms with E-state index in [1.165, 1.54) is 0 Å². The minimum Gasteiger partial charge on any atom is -0.497 e. The number of allylic oxidation sites excluding steroid dienone is 2. The van der Waals surface area contributed by atoms with Gasteiger partial charge in [-0.3, -0.25) is 4.79 Å². The minimum atomic E-state index is -0.229. The summed E-state index contributed by atoms with van der Waals surface area (Å²) in [6.45, 7) is 1.91. The number of fused-ring (bicyclic) bond motifs is 1. The van der Waals surface area contributed by atoms with Crippen molar-refractivity contribution in [3.8, 4) is 17.2 Å². The van der Waals surface area contributed by atoms with Crippen molar-refractivity contribution in [3.05, 3.63) is 76.1 Å². The van der Waals surface area contributed by atoms with Gasteiger partial charge in [0.25, 0.3) is 0 Å². The number of nitrogens with zero attached hydrogens (tertiary/aromatic N) is 1. The molecular formula is C26H26N2O5.